The maximum atomic E-state index is 12.2. The Morgan fingerprint density at radius 2 is 1.96 bits per heavy atom. The molecule has 2 aromatic carbocycles. The van der Waals surface area contributed by atoms with E-state index in [0.717, 1.165) is 11.0 Å². The number of ketones is 1. The summed E-state index contributed by atoms with van der Waals surface area (Å²) in [7, 11) is 0. The van der Waals surface area contributed by atoms with E-state index in [1.807, 2.05) is 24.3 Å². The summed E-state index contributed by atoms with van der Waals surface area (Å²) in [5.74, 6) is 0.450. The Bertz CT molecular complexity index is 868. The number of carbonyl (C=O) groups is 2. The van der Waals surface area contributed by atoms with Gasteiger partial charge in [0, 0.05) is 5.56 Å². The monoisotopic (exact) mass is 323 g/mol. The number of para-hydroxylation sites is 2. The standard InChI is InChI=1S/C18H17N3O3/c1-11(22)13-6-5-7-14(10-13)24-12(2)17(23)21-18-19-15-8-3-4-9-16(15)20-18/h3-10,12H,1-2H3,(H2,19,20,21,23)/t12-/m1/s1. The van der Waals surface area contributed by atoms with Gasteiger partial charge in [-0.25, -0.2) is 4.98 Å². The molecule has 0 unspecified atom stereocenters. The molecule has 6 heteroatoms. The van der Waals surface area contributed by atoms with Crippen LogP contribution in [0.4, 0.5) is 5.95 Å². The first-order valence-electron chi connectivity index (χ1n) is 7.56. The van der Waals surface area contributed by atoms with Crippen LogP contribution in [0.2, 0.25) is 0 Å². The second kappa shape index (κ2) is 6.54. The van der Waals surface area contributed by atoms with Crippen molar-refractivity contribution in [3.63, 3.8) is 0 Å². The number of aromatic amines is 1. The minimum atomic E-state index is -0.736. The van der Waals surface area contributed by atoms with Gasteiger partial charge >= 0.3 is 0 Å². The molecule has 0 saturated carbocycles. The molecule has 3 aromatic rings. The Morgan fingerprint density at radius 1 is 1.17 bits per heavy atom. The van der Waals surface area contributed by atoms with Crippen molar-refractivity contribution in [1.29, 1.82) is 0 Å². The third-order valence-electron chi connectivity index (χ3n) is 3.55. The minimum absolute atomic E-state index is 0.0557. The molecule has 0 radical (unpaired) electrons. The molecule has 6 nitrogen and oxygen atoms in total. The average Bonchev–Trinajstić information content (AvgIpc) is 2.97. The number of Topliss-reactive ketones (excluding diaryl/α,β-unsaturated/α-hetero) is 1. The molecule has 1 heterocycles. The second-order valence-electron chi connectivity index (χ2n) is 5.44. The quantitative estimate of drug-likeness (QED) is 0.706. The van der Waals surface area contributed by atoms with Crippen molar-refractivity contribution in [2.45, 2.75) is 20.0 Å². The van der Waals surface area contributed by atoms with E-state index in [1.165, 1.54) is 6.92 Å². The highest BCUT2D eigenvalue weighted by atomic mass is 16.5. The normalized spacial score (nSPS) is 11.9. The Morgan fingerprint density at radius 3 is 2.71 bits per heavy atom. The first kappa shape index (κ1) is 15.7. The molecule has 1 atom stereocenters. The Hall–Kier alpha value is -3.15. The van der Waals surface area contributed by atoms with Crippen LogP contribution in [0.1, 0.15) is 24.2 Å². The predicted octanol–water partition coefficient (Wildman–Crippen LogP) is 3.17. The van der Waals surface area contributed by atoms with Gasteiger partial charge in [-0.3, -0.25) is 14.9 Å². The van der Waals surface area contributed by atoms with Crippen LogP contribution < -0.4 is 10.1 Å². The zero-order chi connectivity index (χ0) is 17.1. The van der Waals surface area contributed by atoms with E-state index in [-0.39, 0.29) is 11.7 Å². The maximum Gasteiger partial charge on any atom is 0.267 e. The summed E-state index contributed by atoms with van der Waals surface area (Å²) < 4.78 is 5.61. The highest BCUT2D eigenvalue weighted by Crippen LogP contribution is 2.17. The molecule has 0 fully saturated rings. The number of rotatable bonds is 5. The van der Waals surface area contributed by atoms with Crippen molar-refractivity contribution in [1.82, 2.24) is 9.97 Å². The van der Waals surface area contributed by atoms with Gasteiger partial charge in [0.25, 0.3) is 5.91 Å². The fourth-order valence-corrected chi connectivity index (χ4v) is 2.28. The van der Waals surface area contributed by atoms with Gasteiger partial charge in [0.15, 0.2) is 11.9 Å². The number of anilines is 1. The maximum absolute atomic E-state index is 12.2. The molecular weight excluding hydrogens is 306 g/mol. The van der Waals surface area contributed by atoms with Crippen LogP contribution in [-0.4, -0.2) is 27.8 Å². The predicted molar refractivity (Wildman–Crippen MR) is 91.3 cm³/mol. The van der Waals surface area contributed by atoms with E-state index in [9.17, 15) is 9.59 Å². The molecule has 24 heavy (non-hydrogen) atoms. The average molecular weight is 323 g/mol. The lowest BCUT2D eigenvalue weighted by atomic mass is 10.1. The largest absolute Gasteiger partial charge is 0.481 e. The van der Waals surface area contributed by atoms with E-state index in [0.29, 0.717) is 17.3 Å². The van der Waals surface area contributed by atoms with Crippen LogP contribution in [0.15, 0.2) is 48.5 Å². The van der Waals surface area contributed by atoms with Crippen LogP contribution in [-0.2, 0) is 4.79 Å². The second-order valence-corrected chi connectivity index (χ2v) is 5.44. The minimum Gasteiger partial charge on any atom is -0.481 e. The molecule has 0 spiro atoms. The molecule has 0 aliphatic carbocycles. The lowest BCUT2D eigenvalue weighted by Crippen LogP contribution is -2.30. The highest BCUT2D eigenvalue weighted by Gasteiger charge is 2.17. The summed E-state index contributed by atoms with van der Waals surface area (Å²) in [6, 6.07) is 14.2. The fraction of sp³-hybridized carbons (Fsp3) is 0.167. The van der Waals surface area contributed by atoms with Crippen molar-refractivity contribution in [3.8, 4) is 5.75 Å². The lowest BCUT2D eigenvalue weighted by molar-refractivity contribution is -0.122. The van der Waals surface area contributed by atoms with Gasteiger partial charge < -0.3 is 9.72 Å². The van der Waals surface area contributed by atoms with Crippen molar-refractivity contribution in [2.75, 3.05) is 5.32 Å². The van der Waals surface area contributed by atoms with Gasteiger partial charge in [-0.1, -0.05) is 24.3 Å². The number of hydrogen-bond donors (Lipinski definition) is 2. The van der Waals surface area contributed by atoms with Gasteiger partial charge in [0.1, 0.15) is 5.75 Å². The third-order valence-corrected chi connectivity index (χ3v) is 3.55. The van der Waals surface area contributed by atoms with E-state index >= 15 is 0 Å². The number of fused-ring (bicyclic) bond motifs is 1. The van der Waals surface area contributed by atoms with Crippen LogP contribution in [0.25, 0.3) is 11.0 Å². The summed E-state index contributed by atoms with van der Waals surface area (Å²) in [5.41, 5.74) is 2.16. The number of hydrogen-bond acceptors (Lipinski definition) is 4. The Balaban J connectivity index is 1.68. The number of carbonyl (C=O) groups excluding carboxylic acids is 2. The van der Waals surface area contributed by atoms with Crippen LogP contribution in [0.3, 0.4) is 0 Å². The smallest absolute Gasteiger partial charge is 0.267 e. The summed E-state index contributed by atoms with van der Waals surface area (Å²) in [4.78, 5) is 31.0. The number of amides is 1. The van der Waals surface area contributed by atoms with E-state index < -0.39 is 6.10 Å². The molecule has 0 saturated heterocycles. The molecule has 0 bridgehead atoms. The van der Waals surface area contributed by atoms with Gasteiger partial charge in [-0.15, -0.1) is 0 Å². The van der Waals surface area contributed by atoms with Crippen molar-refractivity contribution >= 4 is 28.7 Å². The number of benzene rings is 2. The van der Waals surface area contributed by atoms with Crippen molar-refractivity contribution in [3.05, 3.63) is 54.1 Å². The number of imidazole rings is 1. The molecule has 1 amide bonds. The molecule has 0 aliphatic heterocycles. The number of H-pyrrole nitrogens is 1. The van der Waals surface area contributed by atoms with Crippen LogP contribution in [0, 0.1) is 0 Å². The molecule has 0 aliphatic rings. The summed E-state index contributed by atoms with van der Waals surface area (Å²) in [6.07, 6.45) is -0.736. The fourth-order valence-electron chi connectivity index (χ4n) is 2.28. The number of nitrogens with zero attached hydrogens (tertiary/aromatic N) is 1. The molecule has 3 rings (SSSR count). The van der Waals surface area contributed by atoms with Gasteiger partial charge in [0.05, 0.1) is 11.0 Å². The van der Waals surface area contributed by atoms with Crippen molar-refractivity contribution < 1.29 is 14.3 Å². The SMILES string of the molecule is CC(=O)c1cccc(O[C@H](C)C(=O)Nc2nc3ccccc3[nH]2)c1. The zero-order valence-electron chi connectivity index (χ0n) is 13.4. The van der Waals surface area contributed by atoms with E-state index in [4.69, 9.17) is 4.74 Å². The Kier molecular flexibility index (Phi) is 4.29. The van der Waals surface area contributed by atoms with Gasteiger partial charge in [-0.2, -0.15) is 0 Å². The number of ether oxygens (including phenoxy) is 1. The van der Waals surface area contributed by atoms with Crippen LogP contribution in [0.5, 0.6) is 5.75 Å². The molecule has 1 aromatic heterocycles. The zero-order valence-corrected chi connectivity index (χ0v) is 13.4. The number of nitrogens with one attached hydrogen (secondary N) is 2. The third kappa shape index (κ3) is 3.43. The van der Waals surface area contributed by atoms with Crippen LogP contribution >= 0.6 is 0 Å². The molecular formula is C18H17N3O3. The highest BCUT2D eigenvalue weighted by molar-refractivity contribution is 5.95. The Labute approximate surface area is 138 Å². The summed E-state index contributed by atoms with van der Waals surface area (Å²) >= 11 is 0. The molecule has 2 N–H and O–H groups in total. The first-order chi connectivity index (χ1) is 11.5. The van der Waals surface area contributed by atoms with E-state index in [2.05, 4.69) is 15.3 Å². The van der Waals surface area contributed by atoms with Gasteiger partial charge in [0.2, 0.25) is 5.95 Å². The summed E-state index contributed by atoms with van der Waals surface area (Å²) in [5, 5.41) is 2.69. The topological polar surface area (TPSA) is 84.1 Å². The number of aromatic nitrogens is 2. The van der Waals surface area contributed by atoms with Crippen molar-refractivity contribution in [2.24, 2.45) is 0 Å². The molecule has 122 valence electrons. The lowest BCUT2D eigenvalue weighted by Gasteiger charge is -2.14. The van der Waals surface area contributed by atoms with E-state index in [1.54, 1.807) is 31.2 Å². The summed E-state index contributed by atoms with van der Waals surface area (Å²) in [6.45, 7) is 3.12. The van der Waals surface area contributed by atoms with Gasteiger partial charge in [-0.05, 0) is 38.1 Å². The first-order valence-corrected chi connectivity index (χ1v) is 7.56.